The molecule has 144 valence electrons. The highest BCUT2D eigenvalue weighted by Gasteiger charge is 2.41. The van der Waals surface area contributed by atoms with Crippen LogP contribution in [0.1, 0.15) is 36.8 Å². The van der Waals surface area contributed by atoms with Crippen molar-refractivity contribution in [3.8, 4) is 0 Å². The summed E-state index contributed by atoms with van der Waals surface area (Å²) >= 11 is 0. The van der Waals surface area contributed by atoms with Gasteiger partial charge in [0.2, 0.25) is 0 Å². The van der Waals surface area contributed by atoms with E-state index < -0.39 is 0 Å². The van der Waals surface area contributed by atoms with E-state index >= 15 is 0 Å². The minimum absolute atomic E-state index is 0.0986. The average molecular weight is 369 g/mol. The fourth-order valence-corrected chi connectivity index (χ4v) is 4.13. The van der Waals surface area contributed by atoms with Crippen LogP contribution in [0.5, 0.6) is 0 Å². The molecule has 4 rings (SSSR count). The Morgan fingerprint density at radius 2 is 2.22 bits per heavy atom. The zero-order chi connectivity index (χ0) is 18.8. The normalized spacial score (nSPS) is 25.1. The average Bonchev–Trinajstić information content (AvgIpc) is 3.04. The van der Waals surface area contributed by atoms with Gasteiger partial charge in [0.05, 0.1) is 6.20 Å². The van der Waals surface area contributed by atoms with Gasteiger partial charge < -0.3 is 10.2 Å². The van der Waals surface area contributed by atoms with E-state index in [1.807, 2.05) is 30.1 Å². The molecule has 3 atom stereocenters. The van der Waals surface area contributed by atoms with Gasteiger partial charge in [0.25, 0.3) is 0 Å². The lowest BCUT2D eigenvalue weighted by atomic mass is 10.0. The minimum atomic E-state index is -0.0986. The van der Waals surface area contributed by atoms with Crippen molar-refractivity contribution in [2.45, 2.75) is 38.1 Å². The number of guanidine groups is 1. The van der Waals surface area contributed by atoms with Gasteiger partial charge in [0.15, 0.2) is 5.96 Å². The molecule has 2 aliphatic rings. The van der Waals surface area contributed by atoms with Crippen molar-refractivity contribution in [2.75, 3.05) is 19.6 Å². The molecular weight excluding hydrogens is 341 g/mol. The Hall–Kier alpha value is -2.37. The third-order valence-electron chi connectivity index (χ3n) is 5.59. The van der Waals surface area contributed by atoms with Crippen molar-refractivity contribution < 1.29 is 4.39 Å². The summed E-state index contributed by atoms with van der Waals surface area (Å²) in [6.45, 7) is 4.85. The number of halogens is 1. The molecule has 1 saturated carbocycles. The molecule has 5 nitrogen and oxygen atoms in total. The first-order valence-electron chi connectivity index (χ1n) is 9.92. The fourth-order valence-electron chi connectivity index (χ4n) is 4.13. The quantitative estimate of drug-likeness (QED) is 0.651. The van der Waals surface area contributed by atoms with Crippen LogP contribution in [0.2, 0.25) is 0 Å². The van der Waals surface area contributed by atoms with E-state index in [-0.39, 0.29) is 17.8 Å². The standard InChI is InChI=1S/C21H28FN5/c1-3-23-21(25-20-11-18(20)17-6-4-5-7-19(17)22)27-9-8-15(14-27)10-16-12-24-26(2)13-16/h4-7,12-13,15,18,20H,3,8-11,14H2,1-2H3,(H,23,25). The van der Waals surface area contributed by atoms with Crippen LogP contribution in [-0.2, 0) is 13.5 Å². The SMILES string of the molecule is CCN=C(NC1CC1c1ccccc1F)N1CCC(Cc2cnn(C)c2)C1. The second-order valence-electron chi connectivity index (χ2n) is 7.74. The van der Waals surface area contributed by atoms with E-state index in [9.17, 15) is 4.39 Å². The van der Waals surface area contributed by atoms with Gasteiger partial charge in [-0.2, -0.15) is 5.10 Å². The summed E-state index contributed by atoms with van der Waals surface area (Å²) < 4.78 is 15.9. The summed E-state index contributed by atoms with van der Waals surface area (Å²) in [7, 11) is 1.96. The molecule has 2 heterocycles. The highest BCUT2D eigenvalue weighted by atomic mass is 19.1. The predicted molar refractivity (Wildman–Crippen MR) is 105 cm³/mol. The number of likely N-dealkylation sites (tertiary alicyclic amines) is 1. The van der Waals surface area contributed by atoms with Crippen LogP contribution in [0, 0.1) is 11.7 Å². The first-order valence-corrected chi connectivity index (χ1v) is 9.92. The van der Waals surface area contributed by atoms with Crippen LogP contribution in [0.3, 0.4) is 0 Å². The zero-order valence-corrected chi connectivity index (χ0v) is 16.1. The third kappa shape index (κ3) is 4.15. The van der Waals surface area contributed by atoms with E-state index in [1.165, 1.54) is 12.0 Å². The van der Waals surface area contributed by atoms with Crippen molar-refractivity contribution in [3.63, 3.8) is 0 Å². The van der Waals surface area contributed by atoms with Crippen LogP contribution in [0.4, 0.5) is 4.39 Å². The molecule has 0 radical (unpaired) electrons. The first-order chi connectivity index (χ1) is 13.1. The highest BCUT2D eigenvalue weighted by molar-refractivity contribution is 5.81. The fraction of sp³-hybridized carbons (Fsp3) is 0.524. The van der Waals surface area contributed by atoms with Gasteiger partial charge >= 0.3 is 0 Å². The maximum absolute atomic E-state index is 14.0. The van der Waals surface area contributed by atoms with Gasteiger partial charge in [0, 0.05) is 44.8 Å². The van der Waals surface area contributed by atoms with Gasteiger partial charge in [-0.3, -0.25) is 9.67 Å². The van der Waals surface area contributed by atoms with Crippen molar-refractivity contribution in [3.05, 3.63) is 53.6 Å². The van der Waals surface area contributed by atoms with Crippen LogP contribution in [0.25, 0.3) is 0 Å². The maximum atomic E-state index is 14.0. The third-order valence-corrected chi connectivity index (χ3v) is 5.59. The lowest BCUT2D eigenvalue weighted by Crippen LogP contribution is -2.41. The van der Waals surface area contributed by atoms with Crippen LogP contribution in [0.15, 0.2) is 41.7 Å². The van der Waals surface area contributed by atoms with Crippen molar-refractivity contribution in [1.29, 1.82) is 0 Å². The van der Waals surface area contributed by atoms with Gasteiger partial charge in [-0.25, -0.2) is 4.39 Å². The Labute approximate surface area is 160 Å². The summed E-state index contributed by atoms with van der Waals surface area (Å²) in [5.74, 6) is 1.76. The monoisotopic (exact) mass is 369 g/mol. The second kappa shape index (κ2) is 7.71. The first kappa shape index (κ1) is 18.0. The number of aliphatic imine (C=N–C) groups is 1. The van der Waals surface area contributed by atoms with Crippen LogP contribution in [-0.4, -0.2) is 46.3 Å². The second-order valence-corrected chi connectivity index (χ2v) is 7.74. The number of hydrogen-bond acceptors (Lipinski definition) is 2. The molecule has 0 spiro atoms. The summed E-state index contributed by atoms with van der Waals surface area (Å²) in [6, 6.07) is 7.40. The van der Waals surface area contributed by atoms with E-state index in [0.29, 0.717) is 5.92 Å². The number of hydrogen-bond donors (Lipinski definition) is 1. The number of aryl methyl sites for hydroxylation is 1. The molecule has 1 aliphatic heterocycles. The van der Waals surface area contributed by atoms with Crippen molar-refractivity contribution >= 4 is 5.96 Å². The Kier molecular flexibility index (Phi) is 5.14. The van der Waals surface area contributed by atoms with E-state index in [2.05, 4.69) is 28.4 Å². The molecule has 1 aliphatic carbocycles. The van der Waals surface area contributed by atoms with Crippen molar-refractivity contribution in [1.82, 2.24) is 20.0 Å². The molecule has 6 heteroatoms. The topological polar surface area (TPSA) is 45.5 Å². The molecule has 0 amide bonds. The minimum Gasteiger partial charge on any atom is -0.353 e. The van der Waals surface area contributed by atoms with Gasteiger partial charge in [-0.05, 0) is 49.3 Å². The number of nitrogens with zero attached hydrogens (tertiary/aromatic N) is 4. The highest BCUT2D eigenvalue weighted by Crippen LogP contribution is 2.42. The molecule has 1 N–H and O–H groups in total. The summed E-state index contributed by atoms with van der Waals surface area (Å²) in [5.41, 5.74) is 2.12. The van der Waals surface area contributed by atoms with Gasteiger partial charge in [0.1, 0.15) is 5.82 Å². The molecule has 3 unspecified atom stereocenters. The van der Waals surface area contributed by atoms with E-state index in [4.69, 9.17) is 4.99 Å². The lowest BCUT2D eigenvalue weighted by Gasteiger charge is -2.22. The molecule has 2 aromatic rings. The van der Waals surface area contributed by atoms with Crippen molar-refractivity contribution in [2.24, 2.45) is 18.0 Å². The Morgan fingerprint density at radius 3 is 2.96 bits per heavy atom. The lowest BCUT2D eigenvalue weighted by molar-refractivity contribution is 0.457. The van der Waals surface area contributed by atoms with Gasteiger partial charge in [-0.15, -0.1) is 0 Å². The predicted octanol–water partition coefficient (Wildman–Crippen LogP) is 2.95. The summed E-state index contributed by atoms with van der Waals surface area (Å²) in [6.07, 6.45) is 7.26. The molecular formula is C21H28FN5. The smallest absolute Gasteiger partial charge is 0.194 e. The van der Waals surface area contributed by atoms with E-state index in [1.54, 1.807) is 12.1 Å². The van der Waals surface area contributed by atoms with Gasteiger partial charge in [-0.1, -0.05) is 18.2 Å². The summed E-state index contributed by atoms with van der Waals surface area (Å²) in [4.78, 5) is 7.07. The van der Waals surface area contributed by atoms with Crippen LogP contribution >= 0.6 is 0 Å². The number of nitrogens with one attached hydrogen (secondary N) is 1. The van der Waals surface area contributed by atoms with E-state index in [0.717, 1.165) is 44.0 Å². The Balaban J connectivity index is 1.35. The number of aromatic nitrogens is 2. The number of benzene rings is 1. The largest absolute Gasteiger partial charge is 0.353 e. The molecule has 27 heavy (non-hydrogen) atoms. The Bertz CT molecular complexity index is 814. The van der Waals surface area contributed by atoms with Crippen LogP contribution < -0.4 is 5.32 Å². The number of rotatable bonds is 5. The molecule has 2 fully saturated rings. The molecule has 1 aromatic heterocycles. The summed E-state index contributed by atoms with van der Waals surface area (Å²) in [5, 5.41) is 7.86. The molecule has 1 saturated heterocycles. The maximum Gasteiger partial charge on any atom is 0.194 e. The Morgan fingerprint density at radius 1 is 1.37 bits per heavy atom. The molecule has 0 bridgehead atoms. The molecule has 1 aromatic carbocycles. The zero-order valence-electron chi connectivity index (χ0n) is 16.1.